The van der Waals surface area contributed by atoms with Crippen LogP contribution in [0, 0.1) is 23.7 Å². The smallest absolute Gasteiger partial charge is 0.246 e. The Hall–Kier alpha value is -2.87. The summed E-state index contributed by atoms with van der Waals surface area (Å²) < 4.78 is 11.9. The van der Waals surface area contributed by atoms with Gasteiger partial charge in [0.25, 0.3) is 0 Å². The normalized spacial score (nSPS) is 38.9. The Kier molecular flexibility index (Phi) is 6.94. The number of methoxy groups -OCH3 is 1. The molecule has 4 fully saturated rings. The Labute approximate surface area is 230 Å². The lowest BCUT2D eigenvalue weighted by Crippen LogP contribution is -2.60. The molecule has 9 unspecified atom stereocenters. The maximum absolute atomic E-state index is 14.4. The molecule has 8 heteroatoms. The number of benzene rings is 1. The summed E-state index contributed by atoms with van der Waals surface area (Å²) in [5.74, 6) is -0.647. The summed E-state index contributed by atoms with van der Waals surface area (Å²) in [5.41, 5.74) is -0.527. The molecule has 0 radical (unpaired) electrons. The van der Waals surface area contributed by atoms with Crippen LogP contribution in [-0.2, 0) is 19.1 Å². The van der Waals surface area contributed by atoms with E-state index in [-0.39, 0.29) is 35.7 Å². The van der Waals surface area contributed by atoms with Gasteiger partial charge >= 0.3 is 0 Å². The third-order valence-corrected chi connectivity index (χ3v) is 10.1. The van der Waals surface area contributed by atoms with Crippen LogP contribution in [0.5, 0.6) is 5.75 Å². The lowest BCUT2D eigenvalue weighted by atomic mass is 9.74. The number of hydrogen-bond donors (Lipinski definition) is 2. The van der Waals surface area contributed by atoms with Gasteiger partial charge in [0.05, 0.1) is 25.0 Å². The molecule has 39 heavy (non-hydrogen) atoms. The van der Waals surface area contributed by atoms with Crippen LogP contribution in [0.15, 0.2) is 36.4 Å². The molecule has 2 bridgehead atoms. The van der Waals surface area contributed by atoms with Gasteiger partial charge in [-0.15, -0.1) is 0 Å². The highest BCUT2D eigenvalue weighted by atomic mass is 16.5. The number of nitrogens with one attached hydrogen (secondary N) is 2. The third-order valence-electron chi connectivity index (χ3n) is 10.1. The first-order valence-electron chi connectivity index (χ1n) is 14.8. The summed E-state index contributed by atoms with van der Waals surface area (Å²) in [6.07, 6.45) is 11.6. The van der Waals surface area contributed by atoms with E-state index in [0.717, 1.165) is 44.9 Å². The van der Waals surface area contributed by atoms with Crippen LogP contribution in [0.25, 0.3) is 0 Å². The maximum Gasteiger partial charge on any atom is 0.246 e. The Morgan fingerprint density at radius 1 is 1.03 bits per heavy atom. The second-order valence-corrected chi connectivity index (χ2v) is 12.4. The minimum absolute atomic E-state index is 0.0381. The summed E-state index contributed by atoms with van der Waals surface area (Å²) in [6, 6.07) is 6.47. The van der Waals surface area contributed by atoms with E-state index in [1.165, 1.54) is 6.42 Å². The molecule has 1 spiro atoms. The fraction of sp³-hybridized carbons (Fsp3) is 0.645. The van der Waals surface area contributed by atoms with E-state index in [1.807, 2.05) is 29.2 Å². The number of amides is 3. The fourth-order valence-corrected chi connectivity index (χ4v) is 7.99. The number of carbonyl (C=O) groups excluding carboxylic acids is 3. The second-order valence-electron chi connectivity index (χ2n) is 12.4. The highest BCUT2D eigenvalue weighted by molar-refractivity contribution is 6.03. The van der Waals surface area contributed by atoms with Crippen LogP contribution in [0.2, 0.25) is 0 Å². The molecule has 8 nitrogen and oxygen atoms in total. The van der Waals surface area contributed by atoms with Crippen LogP contribution < -0.4 is 15.4 Å². The molecular formula is C31H41N3O5. The predicted molar refractivity (Wildman–Crippen MR) is 147 cm³/mol. The zero-order valence-electron chi connectivity index (χ0n) is 23.2. The number of likely N-dealkylation sites (tertiary alicyclic amines) is 1. The Bertz CT molecular complexity index is 1170. The minimum Gasteiger partial charge on any atom is -0.497 e. The molecule has 9 atom stereocenters. The highest BCUT2D eigenvalue weighted by Gasteiger charge is 2.73. The molecule has 1 aromatic carbocycles. The Morgan fingerprint density at radius 2 is 1.77 bits per heavy atom. The SMILES string of the molecule is COc1cccc(NC(=O)C2C3C=CC4(O3)C2C(=O)N(C2CCCCC2C)C4C(=O)NC2CCCCC2C)c1. The van der Waals surface area contributed by atoms with Crippen molar-refractivity contribution < 1.29 is 23.9 Å². The molecule has 2 saturated heterocycles. The Morgan fingerprint density at radius 3 is 2.51 bits per heavy atom. The standard InChI is InChI=1S/C31H41N3O5/c1-18-9-4-6-13-22(18)33-29(36)27-31-16-15-24(39-31)25(28(35)32-20-11-8-12-21(17-20)38-3)26(31)30(37)34(27)23-14-7-5-10-19(23)2/h8,11-12,15-19,22-27H,4-7,9-10,13-14H2,1-3H3,(H,32,35)(H,33,36). The quantitative estimate of drug-likeness (QED) is 0.536. The minimum atomic E-state index is -1.13. The van der Waals surface area contributed by atoms with Crippen molar-refractivity contribution in [1.82, 2.24) is 10.2 Å². The van der Waals surface area contributed by atoms with Crippen molar-refractivity contribution in [3.8, 4) is 5.75 Å². The van der Waals surface area contributed by atoms with Gasteiger partial charge in [0.1, 0.15) is 17.4 Å². The largest absolute Gasteiger partial charge is 0.497 e. The molecule has 3 amide bonds. The van der Waals surface area contributed by atoms with E-state index in [9.17, 15) is 14.4 Å². The van der Waals surface area contributed by atoms with E-state index in [4.69, 9.17) is 9.47 Å². The summed E-state index contributed by atoms with van der Waals surface area (Å²) in [6.45, 7) is 4.38. The summed E-state index contributed by atoms with van der Waals surface area (Å²) >= 11 is 0. The van der Waals surface area contributed by atoms with Crippen LogP contribution in [0.4, 0.5) is 5.69 Å². The number of ether oxygens (including phenoxy) is 2. The van der Waals surface area contributed by atoms with Gasteiger partial charge in [-0.05, 0) is 49.7 Å². The molecule has 0 aromatic heterocycles. The van der Waals surface area contributed by atoms with Gasteiger partial charge in [0.15, 0.2) is 0 Å². The highest BCUT2D eigenvalue weighted by Crippen LogP contribution is 2.56. The van der Waals surface area contributed by atoms with Gasteiger partial charge in [-0.3, -0.25) is 14.4 Å². The summed E-state index contributed by atoms with van der Waals surface area (Å²) in [5, 5.41) is 6.33. The molecular weight excluding hydrogens is 494 g/mol. The maximum atomic E-state index is 14.4. The molecule has 5 aliphatic rings. The van der Waals surface area contributed by atoms with Crippen molar-refractivity contribution in [2.45, 2.75) is 95.0 Å². The van der Waals surface area contributed by atoms with Gasteiger partial charge in [0, 0.05) is 23.8 Å². The first kappa shape index (κ1) is 26.4. The fourth-order valence-electron chi connectivity index (χ4n) is 7.99. The van der Waals surface area contributed by atoms with E-state index in [1.54, 1.807) is 19.2 Å². The number of anilines is 1. The molecule has 6 rings (SSSR count). The topological polar surface area (TPSA) is 97.0 Å². The molecule has 210 valence electrons. The molecule has 2 aliphatic carbocycles. The zero-order chi connectivity index (χ0) is 27.3. The average molecular weight is 536 g/mol. The van der Waals surface area contributed by atoms with Crippen LogP contribution >= 0.6 is 0 Å². The average Bonchev–Trinajstić information content (AvgIpc) is 3.58. The van der Waals surface area contributed by atoms with Gasteiger partial charge in [-0.2, -0.15) is 0 Å². The van der Waals surface area contributed by atoms with E-state index in [2.05, 4.69) is 24.5 Å². The zero-order valence-corrected chi connectivity index (χ0v) is 23.2. The van der Waals surface area contributed by atoms with Crippen molar-refractivity contribution in [2.24, 2.45) is 23.7 Å². The number of nitrogens with zero attached hydrogens (tertiary/aromatic N) is 1. The van der Waals surface area contributed by atoms with Crippen LogP contribution in [0.1, 0.15) is 65.2 Å². The van der Waals surface area contributed by atoms with Gasteiger partial charge < -0.3 is 25.0 Å². The van der Waals surface area contributed by atoms with Crippen LogP contribution in [0.3, 0.4) is 0 Å². The van der Waals surface area contributed by atoms with E-state index < -0.39 is 29.6 Å². The monoisotopic (exact) mass is 535 g/mol. The van der Waals surface area contributed by atoms with Gasteiger partial charge in [0.2, 0.25) is 17.7 Å². The lowest BCUT2D eigenvalue weighted by molar-refractivity contribution is -0.146. The lowest BCUT2D eigenvalue weighted by Gasteiger charge is -2.42. The van der Waals surface area contributed by atoms with Crippen molar-refractivity contribution in [1.29, 1.82) is 0 Å². The first-order valence-corrected chi connectivity index (χ1v) is 14.8. The van der Waals surface area contributed by atoms with Gasteiger partial charge in [-0.1, -0.05) is 57.7 Å². The molecule has 2 saturated carbocycles. The first-order chi connectivity index (χ1) is 18.8. The molecule has 3 heterocycles. The molecule has 3 aliphatic heterocycles. The molecule has 1 aromatic rings. The van der Waals surface area contributed by atoms with Crippen molar-refractivity contribution in [2.75, 3.05) is 12.4 Å². The number of carbonyl (C=O) groups is 3. The molecule has 2 N–H and O–H groups in total. The van der Waals surface area contributed by atoms with E-state index in [0.29, 0.717) is 17.4 Å². The predicted octanol–water partition coefficient (Wildman–Crippen LogP) is 4.06. The Balaban J connectivity index is 1.33. The number of hydrogen-bond acceptors (Lipinski definition) is 5. The summed E-state index contributed by atoms with van der Waals surface area (Å²) in [4.78, 5) is 44.2. The number of fused-ring (bicyclic) bond motifs is 1. The summed E-state index contributed by atoms with van der Waals surface area (Å²) in [7, 11) is 1.58. The van der Waals surface area contributed by atoms with E-state index >= 15 is 0 Å². The second kappa shape index (κ2) is 10.3. The van der Waals surface area contributed by atoms with Crippen molar-refractivity contribution in [3.05, 3.63) is 36.4 Å². The van der Waals surface area contributed by atoms with Crippen LogP contribution in [-0.4, -0.2) is 59.6 Å². The van der Waals surface area contributed by atoms with Crippen molar-refractivity contribution >= 4 is 23.4 Å². The number of rotatable bonds is 6. The van der Waals surface area contributed by atoms with Crippen molar-refractivity contribution in [3.63, 3.8) is 0 Å². The third kappa shape index (κ3) is 4.35. The van der Waals surface area contributed by atoms with Gasteiger partial charge in [-0.25, -0.2) is 0 Å².